The zero-order valence-electron chi connectivity index (χ0n) is 17.5. The Kier molecular flexibility index (Phi) is 26.4. The maximum Gasteiger partial charge on any atom is 0.303 e. The number of rotatable bonds is 16. The molecule has 164 valence electrons. The molecule has 0 aliphatic carbocycles. The molecule has 0 fully saturated rings. The Morgan fingerprint density at radius 2 is 1.15 bits per heavy atom. The average molecular weight is 410 g/mol. The van der Waals surface area contributed by atoms with Gasteiger partial charge in [-0.05, 0) is 39.0 Å². The molecule has 27 heavy (non-hydrogen) atoms. The number of allylic oxidation sites excluding steroid dienone is 2. The third kappa shape index (κ3) is 36.7. The lowest BCUT2D eigenvalue weighted by molar-refractivity contribution is -0.137. The number of carboxylic acid groups (broad SMARTS) is 1. The zero-order valence-corrected chi connectivity index (χ0v) is 18.3. The Hall–Kier alpha value is -0.920. The van der Waals surface area contributed by atoms with Crippen molar-refractivity contribution >= 4 is 16.1 Å². The first-order chi connectivity index (χ1) is 12.3. The fourth-order valence-electron chi connectivity index (χ4n) is 2.35. The van der Waals surface area contributed by atoms with Crippen molar-refractivity contribution < 1.29 is 22.9 Å². The lowest BCUT2D eigenvalue weighted by atomic mass is 10.1. The fraction of sp³-hybridized carbons (Fsp3) is 0.850. The fourth-order valence-corrected chi connectivity index (χ4v) is 2.35. The van der Waals surface area contributed by atoms with Gasteiger partial charge in [0.05, 0.1) is 5.75 Å². The molecule has 0 rings (SSSR count). The summed E-state index contributed by atoms with van der Waals surface area (Å²) in [5.41, 5.74) is 0. The molecule has 0 heterocycles. The van der Waals surface area contributed by atoms with E-state index in [0.717, 1.165) is 12.8 Å². The lowest BCUT2D eigenvalue weighted by Gasteiger charge is -1.99. The molecule has 0 aromatic rings. The summed E-state index contributed by atoms with van der Waals surface area (Å²) in [6.45, 7) is 3.63. The van der Waals surface area contributed by atoms with Gasteiger partial charge in [-0.1, -0.05) is 70.4 Å². The smallest absolute Gasteiger partial charge is 0.303 e. The number of hydrogen-bond donors (Lipinski definition) is 3. The minimum atomic E-state index is -3.66. The Morgan fingerprint density at radius 1 is 0.778 bits per heavy atom. The van der Waals surface area contributed by atoms with Crippen LogP contribution in [0.15, 0.2) is 12.2 Å². The van der Waals surface area contributed by atoms with Crippen molar-refractivity contribution in [2.75, 3.05) is 5.75 Å². The molecule has 0 spiro atoms. The van der Waals surface area contributed by atoms with E-state index in [-0.39, 0.29) is 11.9 Å². The summed E-state index contributed by atoms with van der Waals surface area (Å²) in [5, 5.41) is 8.51. The van der Waals surface area contributed by atoms with Crippen LogP contribution in [0.4, 0.5) is 0 Å². The summed E-state index contributed by atoms with van der Waals surface area (Å²) in [7, 11) is -3.66. The summed E-state index contributed by atoms with van der Waals surface area (Å²) in [6.07, 6.45) is 21.2. The number of unbranched alkanes of at least 4 members (excludes halogenated alkanes) is 11. The summed E-state index contributed by atoms with van der Waals surface area (Å²) in [5.74, 6) is -0.866. The number of aliphatic carboxylic acids is 1. The normalized spacial score (nSPS) is 10.9. The first kappa shape index (κ1) is 30.8. The van der Waals surface area contributed by atoms with E-state index in [9.17, 15) is 13.2 Å². The van der Waals surface area contributed by atoms with Gasteiger partial charge in [-0.2, -0.15) is 8.42 Å². The molecular weight excluding hydrogens is 366 g/mol. The van der Waals surface area contributed by atoms with Gasteiger partial charge in [0.2, 0.25) is 0 Å². The molecule has 5 N–H and O–H groups in total. The number of carbonyl (C=O) groups is 1. The van der Waals surface area contributed by atoms with Crippen LogP contribution in [0.5, 0.6) is 0 Å². The molecular formula is C20H43NO5S. The quantitative estimate of drug-likeness (QED) is 0.159. The van der Waals surface area contributed by atoms with Gasteiger partial charge in [-0.15, -0.1) is 0 Å². The van der Waals surface area contributed by atoms with Crippen LogP contribution in [0, 0.1) is 0 Å². The van der Waals surface area contributed by atoms with Crippen LogP contribution in [0.3, 0.4) is 0 Å². The average Bonchev–Trinajstić information content (AvgIpc) is 2.58. The maximum absolute atomic E-state index is 10.3. The predicted molar refractivity (Wildman–Crippen MR) is 114 cm³/mol. The van der Waals surface area contributed by atoms with Crippen LogP contribution < -0.4 is 6.15 Å². The second kappa shape index (κ2) is 23.1. The topological polar surface area (TPSA) is 127 Å². The van der Waals surface area contributed by atoms with Crippen molar-refractivity contribution in [3.63, 3.8) is 0 Å². The molecule has 0 atom stereocenters. The molecule has 6 nitrogen and oxygen atoms in total. The summed E-state index contributed by atoms with van der Waals surface area (Å²) in [4.78, 5) is 10.3. The van der Waals surface area contributed by atoms with Gasteiger partial charge in [0, 0.05) is 6.42 Å². The van der Waals surface area contributed by atoms with Gasteiger partial charge in [0.15, 0.2) is 0 Å². The van der Waals surface area contributed by atoms with E-state index in [4.69, 9.17) is 9.66 Å². The minimum absolute atomic E-state index is 0. The highest BCUT2D eigenvalue weighted by Gasteiger charge is 1.96. The third-order valence-corrected chi connectivity index (χ3v) is 4.75. The van der Waals surface area contributed by atoms with Gasteiger partial charge in [0.25, 0.3) is 10.1 Å². The number of hydrogen-bond acceptors (Lipinski definition) is 4. The summed E-state index contributed by atoms with van der Waals surface area (Å²) >= 11 is 0. The number of carboxylic acids is 1. The standard InChI is InChI=1S/C18H34O2.C2H6O3S.H3N/c1-2-3-4-5-6-7-8-9-10-11-12-13-14-15-16-17-18(19)20;1-2-6(3,4)5;/h9-10H,2-8,11-17H2,1H3,(H,19,20);2H2,1H3,(H,3,4,5);1H3/b10-9-;;. The highest BCUT2D eigenvalue weighted by molar-refractivity contribution is 7.85. The van der Waals surface area contributed by atoms with E-state index in [1.54, 1.807) is 0 Å². The van der Waals surface area contributed by atoms with E-state index in [2.05, 4.69) is 19.1 Å². The van der Waals surface area contributed by atoms with Crippen LogP contribution in [0.1, 0.15) is 104 Å². The molecule has 0 bridgehead atoms. The van der Waals surface area contributed by atoms with Gasteiger partial charge in [0.1, 0.15) is 0 Å². The molecule has 7 heteroatoms. The Bertz CT molecular complexity index is 436. The lowest BCUT2D eigenvalue weighted by Crippen LogP contribution is -1.97. The van der Waals surface area contributed by atoms with Crippen molar-refractivity contribution in [1.29, 1.82) is 0 Å². The van der Waals surface area contributed by atoms with Crippen LogP contribution in [-0.2, 0) is 14.9 Å². The first-order valence-corrected chi connectivity index (χ1v) is 11.8. The van der Waals surface area contributed by atoms with Crippen LogP contribution in [0.25, 0.3) is 0 Å². The van der Waals surface area contributed by atoms with Crippen molar-refractivity contribution in [1.82, 2.24) is 6.15 Å². The van der Waals surface area contributed by atoms with Gasteiger partial charge in [-0.3, -0.25) is 9.35 Å². The second-order valence-electron chi connectivity index (χ2n) is 6.60. The minimum Gasteiger partial charge on any atom is -0.481 e. The zero-order chi connectivity index (χ0) is 20.1. The second-order valence-corrected chi connectivity index (χ2v) is 8.34. The molecule has 0 aliphatic heterocycles. The highest BCUT2D eigenvalue weighted by Crippen LogP contribution is 2.09. The molecule has 0 saturated carbocycles. The molecule has 0 unspecified atom stereocenters. The molecule has 0 aromatic heterocycles. The predicted octanol–water partition coefficient (Wildman–Crippen LogP) is 6.16. The van der Waals surface area contributed by atoms with Crippen molar-refractivity contribution in [3.05, 3.63) is 12.2 Å². The van der Waals surface area contributed by atoms with Gasteiger partial charge >= 0.3 is 5.97 Å². The van der Waals surface area contributed by atoms with E-state index >= 15 is 0 Å². The van der Waals surface area contributed by atoms with E-state index in [1.165, 1.54) is 77.6 Å². The van der Waals surface area contributed by atoms with E-state index < -0.39 is 16.1 Å². The Labute approximate surface area is 167 Å². The summed E-state index contributed by atoms with van der Waals surface area (Å²) in [6, 6.07) is 0. The SMILES string of the molecule is CCCCCCCC/C=C\CCCCCCCC(=O)O.CCS(=O)(=O)O.N. The van der Waals surface area contributed by atoms with Gasteiger partial charge < -0.3 is 11.3 Å². The van der Waals surface area contributed by atoms with E-state index in [1.807, 2.05) is 0 Å². The monoisotopic (exact) mass is 409 g/mol. The third-order valence-electron chi connectivity index (χ3n) is 4.02. The maximum atomic E-state index is 10.3. The van der Waals surface area contributed by atoms with Crippen LogP contribution in [0.2, 0.25) is 0 Å². The van der Waals surface area contributed by atoms with Crippen molar-refractivity contribution in [2.24, 2.45) is 0 Å². The van der Waals surface area contributed by atoms with E-state index in [0.29, 0.717) is 6.42 Å². The molecule has 0 saturated heterocycles. The Morgan fingerprint density at radius 3 is 1.52 bits per heavy atom. The van der Waals surface area contributed by atoms with Crippen molar-refractivity contribution in [3.8, 4) is 0 Å². The van der Waals surface area contributed by atoms with Crippen LogP contribution >= 0.6 is 0 Å². The largest absolute Gasteiger partial charge is 0.481 e. The Balaban J connectivity index is -0.000000709. The van der Waals surface area contributed by atoms with Crippen molar-refractivity contribution in [2.45, 2.75) is 104 Å². The molecule has 0 aromatic carbocycles. The molecule has 0 amide bonds. The highest BCUT2D eigenvalue weighted by atomic mass is 32.2. The van der Waals surface area contributed by atoms with Gasteiger partial charge in [-0.25, -0.2) is 0 Å². The van der Waals surface area contributed by atoms with Crippen LogP contribution in [-0.4, -0.2) is 29.8 Å². The first-order valence-electron chi connectivity index (χ1n) is 10.1. The molecule has 0 aliphatic rings. The summed E-state index contributed by atoms with van der Waals surface area (Å²) < 4.78 is 26.9. The molecule has 0 radical (unpaired) electrons.